The van der Waals surface area contributed by atoms with E-state index in [1.807, 2.05) is 30.5 Å². The van der Waals surface area contributed by atoms with E-state index in [2.05, 4.69) is 10.3 Å². The van der Waals surface area contributed by atoms with Crippen molar-refractivity contribution < 1.29 is 14.9 Å². The van der Waals surface area contributed by atoms with Crippen LogP contribution in [0.2, 0.25) is 0 Å². The van der Waals surface area contributed by atoms with Crippen molar-refractivity contribution in [2.75, 3.05) is 39.5 Å². The molecule has 0 spiro atoms. The Labute approximate surface area is 113 Å². The van der Waals surface area contributed by atoms with E-state index >= 15 is 0 Å². The molecule has 0 unspecified atom stereocenters. The average Bonchev–Trinajstić information content (AvgIpc) is 2.45. The van der Waals surface area contributed by atoms with Gasteiger partial charge in [0.25, 0.3) is 0 Å². The highest BCUT2D eigenvalue weighted by Crippen LogP contribution is 2.10. The van der Waals surface area contributed by atoms with Gasteiger partial charge in [0.2, 0.25) is 0 Å². The molecule has 0 aliphatic rings. The summed E-state index contributed by atoms with van der Waals surface area (Å²) < 4.78 is 5.27. The molecule has 1 aromatic carbocycles. The zero-order valence-corrected chi connectivity index (χ0v) is 11.1. The van der Waals surface area contributed by atoms with E-state index in [9.17, 15) is 0 Å². The van der Waals surface area contributed by atoms with Crippen LogP contribution in [-0.2, 0) is 0 Å². The van der Waals surface area contributed by atoms with E-state index in [0.717, 1.165) is 30.8 Å². The highest BCUT2D eigenvalue weighted by atomic mass is 16.5. The van der Waals surface area contributed by atoms with E-state index in [1.165, 1.54) is 0 Å². The molecule has 0 aliphatic heterocycles. The minimum Gasteiger partial charge on any atom is -0.491 e. The minimum atomic E-state index is 0.0203. The maximum absolute atomic E-state index is 8.64. The molecule has 5 nitrogen and oxygen atoms in total. The topological polar surface area (TPSA) is 74.1 Å². The molecule has 0 saturated heterocycles. The molecule has 0 aromatic heterocycles. The van der Waals surface area contributed by atoms with Gasteiger partial charge in [-0.05, 0) is 42.8 Å². The fourth-order valence-corrected chi connectivity index (χ4v) is 1.46. The largest absolute Gasteiger partial charge is 0.491 e. The zero-order valence-electron chi connectivity index (χ0n) is 11.1. The Morgan fingerprint density at radius 2 is 1.89 bits per heavy atom. The van der Waals surface area contributed by atoms with Gasteiger partial charge in [-0.1, -0.05) is 0 Å². The number of rotatable bonds is 10. The van der Waals surface area contributed by atoms with Crippen LogP contribution in [0.25, 0.3) is 0 Å². The predicted molar refractivity (Wildman–Crippen MR) is 76.1 cm³/mol. The summed E-state index contributed by atoms with van der Waals surface area (Å²) in [7, 11) is 0. The summed E-state index contributed by atoms with van der Waals surface area (Å²) in [6.45, 7) is 2.91. The molecule has 106 valence electrons. The zero-order chi connectivity index (χ0) is 13.8. The van der Waals surface area contributed by atoms with Crippen molar-refractivity contribution in [1.82, 2.24) is 5.32 Å². The molecule has 19 heavy (non-hydrogen) atoms. The van der Waals surface area contributed by atoms with Gasteiger partial charge in [0.15, 0.2) is 0 Å². The molecule has 0 atom stereocenters. The number of nitrogens with zero attached hydrogens (tertiary/aromatic N) is 1. The van der Waals surface area contributed by atoms with E-state index in [-0.39, 0.29) is 13.2 Å². The van der Waals surface area contributed by atoms with Crippen LogP contribution in [-0.4, -0.2) is 55.9 Å². The standard InChI is InChI=1S/C14H22N2O3/c17-9-1-6-15-7-8-16-12-13-2-4-14(5-3-13)19-11-10-18/h2-5,12,15,17-18H,1,6-11H2. The summed E-state index contributed by atoms with van der Waals surface area (Å²) in [5.41, 5.74) is 1.02. The molecule has 0 bridgehead atoms. The monoisotopic (exact) mass is 266 g/mol. The molecular formula is C14H22N2O3. The van der Waals surface area contributed by atoms with Gasteiger partial charge in [-0.25, -0.2) is 0 Å². The van der Waals surface area contributed by atoms with Crippen molar-refractivity contribution in [3.05, 3.63) is 29.8 Å². The first-order chi connectivity index (χ1) is 9.36. The number of hydrogen-bond donors (Lipinski definition) is 3. The highest BCUT2D eigenvalue weighted by molar-refractivity contribution is 5.79. The minimum absolute atomic E-state index is 0.0203. The number of nitrogens with one attached hydrogen (secondary N) is 1. The third kappa shape index (κ3) is 7.56. The SMILES string of the molecule is OCCCNCCN=Cc1ccc(OCCO)cc1. The van der Waals surface area contributed by atoms with E-state index in [0.29, 0.717) is 13.2 Å². The maximum Gasteiger partial charge on any atom is 0.119 e. The Morgan fingerprint density at radius 1 is 1.11 bits per heavy atom. The molecule has 5 heteroatoms. The Hall–Kier alpha value is -1.43. The van der Waals surface area contributed by atoms with Crippen LogP contribution in [0.4, 0.5) is 0 Å². The van der Waals surface area contributed by atoms with Gasteiger partial charge in [-0.15, -0.1) is 0 Å². The molecule has 0 heterocycles. The van der Waals surface area contributed by atoms with Gasteiger partial charge in [0.05, 0.1) is 13.2 Å². The third-order valence-electron chi connectivity index (χ3n) is 2.41. The lowest BCUT2D eigenvalue weighted by atomic mass is 10.2. The number of aliphatic hydroxyl groups excluding tert-OH is 2. The maximum atomic E-state index is 8.64. The second kappa shape index (κ2) is 10.5. The molecule has 0 fully saturated rings. The van der Waals surface area contributed by atoms with E-state index in [4.69, 9.17) is 14.9 Å². The van der Waals surface area contributed by atoms with Crippen molar-refractivity contribution >= 4 is 6.21 Å². The first kappa shape index (κ1) is 15.6. The summed E-state index contributed by atoms with van der Waals surface area (Å²) in [6.07, 6.45) is 2.60. The lowest BCUT2D eigenvalue weighted by molar-refractivity contribution is 0.201. The van der Waals surface area contributed by atoms with Crippen LogP contribution in [0.5, 0.6) is 5.75 Å². The fourth-order valence-electron chi connectivity index (χ4n) is 1.46. The van der Waals surface area contributed by atoms with Gasteiger partial charge in [-0.3, -0.25) is 4.99 Å². The van der Waals surface area contributed by atoms with Crippen LogP contribution < -0.4 is 10.1 Å². The molecule has 0 saturated carbocycles. The third-order valence-corrected chi connectivity index (χ3v) is 2.41. The molecule has 0 aliphatic carbocycles. The Bertz CT molecular complexity index is 352. The smallest absolute Gasteiger partial charge is 0.119 e. The molecular weight excluding hydrogens is 244 g/mol. The first-order valence-corrected chi connectivity index (χ1v) is 6.52. The van der Waals surface area contributed by atoms with Gasteiger partial charge < -0.3 is 20.3 Å². The fraction of sp³-hybridized carbons (Fsp3) is 0.500. The number of benzene rings is 1. The van der Waals surface area contributed by atoms with Crippen molar-refractivity contribution in [1.29, 1.82) is 0 Å². The number of hydrogen-bond acceptors (Lipinski definition) is 5. The number of aliphatic hydroxyl groups is 2. The summed E-state index contributed by atoms with van der Waals surface area (Å²) in [6, 6.07) is 7.57. The highest BCUT2D eigenvalue weighted by Gasteiger charge is 1.93. The molecule has 0 amide bonds. The second-order valence-electron chi connectivity index (χ2n) is 4.00. The Kier molecular flexibility index (Phi) is 8.63. The number of aliphatic imine (C=N–C) groups is 1. The normalized spacial score (nSPS) is 11.1. The van der Waals surface area contributed by atoms with Crippen LogP contribution >= 0.6 is 0 Å². The Balaban J connectivity index is 2.21. The molecule has 0 radical (unpaired) electrons. The summed E-state index contributed by atoms with van der Waals surface area (Å²) >= 11 is 0. The average molecular weight is 266 g/mol. The molecule has 3 N–H and O–H groups in total. The second-order valence-corrected chi connectivity index (χ2v) is 4.00. The lowest BCUT2D eigenvalue weighted by Gasteiger charge is -2.03. The lowest BCUT2D eigenvalue weighted by Crippen LogP contribution is -2.19. The quantitative estimate of drug-likeness (QED) is 0.424. The van der Waals surface area contributed by atoms with Crippen LogP contribution in [0.1, 0.15) is 12.0 Å². The van der Waals surface area contributed by atoms with Crippen molar-refractivity contribution in [3.63, 3.8) is 0 Å². The van der Waals surface area contributed by atoms with Crippen molar-refractivity contribution in [2.24, 2.45) is 4.99 Å². The molecule has 1 aromatic rings. The summed E-state index contributed by atoms with van der Waals surface area (Å²) in [5.74, 6) is 0.747. The predicted octanol–water partition coefficient (Wildman–Crippen LogP) is 0.449. The van der Waals surface area contributed by atoms with Crippen LogP contribution in [0.3, 0.4) is 0 Å². The van der Waals surface area contributed by atoms with Crippen molar-refractivity contribution in [3.8, 4) is 5.75 Å². The van der Waals surface area contributed by atoms with Crippen molar-refractivity contribution in [2.45, 2.75) is 6.42 Å². The first-order valence-electron chi connectivity index (χ1n) is 6.52. The summed E-state index contributed by atoms with van der Waals surface area (Å²) in [5, 5.41) is 20.4. The van der Waals surface area contributed by atoms with Gasteiger partial charge in [0, 0.05) is 19.4 Å². The van der Waals surface area contributed by atoms with E-state index in [1.54, 1.807) is 0 Å². The molecule has 1 rings (SSSR count). The summed E-state index contributed by atoms with van der Waals surface area (Å²) in [4.78, 5) is 4.30. The van der Waals surface area contributed by atoms with E-state index < -0.39 is 0 Å². The van der Waals surface area contributed by atoms with Gasteiger partial charge in [0.1, 0.15) is 12.4 Å². The Morgan fingerprint density at radius 3 is 2.58 bits per heavy atom. The number of ether oxygens (including phenoxy) is 1. The van der Waals surface area contributed by atoms with Gasteiger partial charge in [-0.2, -0.15) is 0 Å². The van der Waals surface area contributed by atoms with Crippen LogP contribution in [0, 0.1) is 0 Å². The van der Waals surface area contributed by atoms with Gasteiger partial charge >= 0.3 is 0 Å². The van der Waals surface area contributed by atoms with Crippen LogP contribution in [0.15, 0.2) is 29.3 Å².